The van der Waals surface area contributed by atoms with Crippen molar-refractivity contribution in [3.63, 3.8) is 0 Å². The lowest BCUT2D eigenvalue weighted by molar-refractivity contribution is -0.143. The fourth-order valence-electron chi connectivity index (χ4n) is 2.41. The van der Waals surface area contributed by atoms with E-state index in [2.05, 4.69) is 5.32 Å². The summed E-state index contributed by atoms with van der Waals surface area (Å²) < 4.78 is 4.83. The second-order valence-corrected chi connectivity index (χ2v) is 4.64. The van der Waals surface area contributed by atoms with Crippen LogP contribution in [0.2, 0.25) is 0 Å². The molecule has 1 aromatic rings. The van der Waals surface area contributed by atoms with Gasteiger partial charge in [-0.25, -0.2) is 4.79 Å². The topological polar surface area (TPSA) is 58.6 Å². The summed E-state index contributed by atoms with van der Waals surface area (Å²) in [5.41, 5.74) is 0.864. The molecule has 4 heteroatoms. The van der Waals surface area contributed by atoms with E-state index in [-0.39, 0.29) is 18.1 Å². The summed E-state index contributed by atoms with van der Waals surface area (Å²) >= 11 is 0. The zero-order valence-corrected chi connectivity index (χ0v) is 10.5. The summed E-state index contributed by atoms with van der Waals surface area (Å²) in [6, 6.07) is 8.91. The van der Waals surface area contributed by atoms with Crippen molar-refractivity contribution in [3.8, 4) is 0 Å². The molecule has 18 heavy (non-hydrogen) atoms. The molecule has 3 atom stereocenters. The van der Waals surface area contributed by atoms with Crippen molar-refractivity contribution in [2.45, 2.75) is 37.5 Å². The molecule has 0 spiro atoms. The van der Waals surface area contributed by atoms with Crippen LogP contribution in [0.1, 0.15) is 30.9 Å². The quantitative estimate of drug-likeness (QED) is 0.792. The predicted molar refractivity (Wildman–Crippen MR) is 68.0 cm³/mol. The number of hydrogen-bond acceptors (Lipinski definition) is 4. The molecule has 0 bridgehead atoms. The third-order valence-corrected chi connectivity index (χ3v) is 3.43. The Kier molecular flexibility index (Phi) is 4.33. The first-order chi connectivity index (χ1) is 8.72. The average Bonchev–Trinajstić information content (AvgIpc) is 2.81. The van der Waals surface area contributed by atoms with Crippen molar-refractivity contribution in [2.75, 3.05) is 7.11 Å². The second kappa shape index (κ2) is 5.98. The van der Waals surface area contributed by atoms with Crippen LogP contribution < -0.4 is 5.32 Å². The van der Waals surface area contributed by atoms with Crippen LogP contribution in [0.15, 0.2) is 30.3 Å². The zero-order valence-electron chi connectivity index (χ0n) is 10.5. The number of hydrogen-bond donors (Lipinski definition) is 2. The molecule has 0 heterocycles. The molecule has 0 amide bonds. The third kappa shape index (κ3) is 2.89. The molecule has 0 aliphatic heterocycles. The van der Waals surface area contributed by atoms with Crippen LogP contribution in [0.25, 0.3) is 0 Å². The standard InChI is InChI=1S/C14H19NO3/c1-18-14(17)13(10-6-3-2-4-7-10)15-11-8-5-9-12(11)16/h2-4,6-7,11-13,15-16H,5,8-9H2,1H3/t11-,12-,13?/m0/s1. The number of methoxy groups -OCH3 is 1. The van der Waals surface area contributed by atoms with E-state index in [1.54, 1.807) is 0 Å². The normalized spacial score (nSPS) is 24.8. The zero-order chi connectivity index (χ0) is 13.0. The Morgan fingerprint density at radius 3 is 2.67 bits per heavy atom. The summed E-state index contributed by atoms with van der Waals surface area (Å²) in [6.07, 6.45) is 2.30. The van der Waals surface area contributed by atoms with Crippen molar-refractivity contribution in [2.24, 2.45) is 0 Å². The Morgan fingerprint density at radius 1 is 1.39 bits per heavy atom. The van der Waals surface area contributed by atoms with Crippen LogP contribution in [-0.4, -0.2) is 30.3 Å². The Balaban J connectivity index is 2.13. The molecule has 1 aliphatic carbocycles. The van der Waals surface area contributed by atoms with E-state index in [0.29, 0.717) is 0 Å². The summed E-state index contributed by atoms with van der Waals surface area (Å²) in [7, 11) is 1.38. The molecule has 2 rings (SSSR count). The van der Waals surface area contributed by atoms with Gasteiger partial charge in [-0.1, -0.05) is 30.3 Å². The van der Waals surface area contributed by atoms with Gasteiger partial charge in [0.05, 0.1) is 13.2 Å². The lowest BCUT2D eigenvalue weighted by atomic mass is 10.0. The monoisotopic (exact) mass is 249 g/mol. The molecule has 1 aromatic carbocycles. The van der Waals surface area contributed by atoms with Crippen molar-refractivity contribution in [3.05, 3.63) is 35.9 Å². The van der Waals surface area contributed by atoms with Crippen molar-refractivity contribution in [1.29, 1.82) is 0 Å². The summed E-state index contributed by atoms with van der Waals surface area (Å²) in [4.78, 5) is 11.8. The number of aliphatic hydroxyl groups is 1. The van der Waals surface area contributed by atoms with E-state index < -0.39 is 6.04 Å². The van der Waals surface area contributed by atoms with Crippen LogP contribution in [0.5, 0.6) is 0 Å². The summed E-state index contributed by atoms with van der Waals surface area (Å²) in [5, 5.41) is 13.0. The Hall–Kier alpha value is -1.39. The van der Waals surface area contributed by atoms with Crippen molar-refractivity contribution >= 4 is 5.97 Å². The Morgan fingerprint density at radius 2 is 2.11 bits per heavy atom. The highest BCUT2D eigenvalue weighted by Crippen LogP contribution is 2.23. The molecule has 98 valence electrons. The van der Waals surface area contributed by atoms with Gasteiger partial charge in [0.1, 0.15) is 6.04 Å². The van der Waals surface area contributed by atoms with E-state index >= 15 is 0 Å². The highest BCUT2D eigenvalue weighted by molar-refractivity contribution is 5.77. The van der Waals surface area contributed by atoms with Crippen molar-refractivity contribution < 1.29 is 14.6 Å². The Labute approximate surface area is 107 Å². The molecule has 1 fully saturated rings. The third-order valence-electron chi connectivity index (χ3n) is 3.43. The minimum Gasteiger partial charge on any atom is -0.468 e. The van der Waals surface area contributed by atoms with E-state index in [1.165, 1.54) is 7.11 Å². The van der Waals surface area contributed by atoms with Crippen LogP contribution in [0, 0.1) is 0 Å². The molecule has 1 unspecified atom stereocenters. The number of esters is 1. The fourth-order valence-corrected chi connectivity index (χ4v) is 2.41. The maximum absolute atomic E-state index is 11.8. The van der Waals surface area contributed by atoms with Crippen molar-refractivity contribution in [1.82, 2.24) is 5.32 Å². The average molecular weight is 249 g/mol. The van der Waals surface area contributed by atoms with Gasteiger partial charge in [-0.2, -0.15) is 0 Å². The van der Waals surface area contributed by atoms with Gasteiger partial charge in [-0.15, -0.1) is 0 Å². The molecule has 4 nitrogen and oxygen atoms in total. The molecule has 0 saturated heterocycles. The van der Waals surface area contributed by atoms with Gasteiger partial charge >= 0.3 is 5.97 Å². The molecule has 1 saturated carbocycles. The van der Waals surface area contributed by atoms with Gasteiger partial charge in [-0.3, -0.25) is 5.32 Å². The first-order valence-electron chi connectivity index (χ1n) is 6.29. The Bertz CT molecular complexity index is 393. The van der Waals surface area contributed by atoms with Gasteiger partial charge < -0.3 is 9.84 Å². The number of aliphatic hydroxyl groups excluding tert-OH is 1. The number of rotatable bonds is 4. The molecule has 0 radical (unpaired) electrons. The largest absolute Gasteiger partial charge is 0.468 e. The van der Waals surface area contributed by atoms with Crippen LogP contribution in [0.3, 0.4) is 0 Å². The molecule has 1 aliphatic rings. The SMILES string of the molecule is COC(=O)C(N[C@H]1CCC[C@@H]1O)c1ccccc1. The lowest BCUT2D eigenvalue weighted by Crippen LogP contribution is -2.41. The molecular formula is C14H19NO3. The van der Waals surface area contributed by atoms with Gasteiger partial charge in [0.25, 0.3) is 0 Å². The maximum atomic E-state index is 11.8. The first-order valence-corrected chi connectivity index (χ1v) is 6.29. The molecule has 0 aromatic heterocycles. The van der Waals surface area contributed by atoms with Gasteiger partial charge in [0.15, 0.2) is 0 Å². The molecule has 2 N–H and O–H groups in total. The smallest absolute Gasteiger partial charge is 0.327 e. The highest BCUT2D eigenvalue weighted by Gasteiger charge is 2.31. The fraction of sp³-hybridized carbons (Fsp3) is 0.500. The summed E-state index contributed by atoms with van der Waals surface area (Å²) in [5.74, 6) is -0.319. The number of nitrogens with one attached hydrogen (secondary N) is 1. The first kappa shape index (κ1) is 13.1. The minimum absolute atomic E-state index is 0.0330. The minimum atomic E-state index is -0.506. The van der Waals surface area contributed by atoms with Crippen LogP contribution in [-0.2, 0) is 9.53 Å². The predicted octanol–water partition coefficient (Wildman–Crippen LogP) is 1.40. The number of carbonyl (C=O) groups is 1. The molecular weight excluding hydrogens is 230 g/mol. The van der Waals surface area contributed by atoms with Gasteiger partial charge in [0, 0.05) is 6.04 Å². The second-order valence-electron chi connectivity index (χ2n) is 4.64. The highest BCUT2D eigenvalue weighted by atomic mass is 16.5. The van der Waals surface area contributed by atoms with E-state index in [4.69, 9.17) is 4.74 Å². The number of benzene rings is 1. The number of carbonyl (C=O) groups excluding carboxylic acids is 1. The van der Waals surface area contributed by atoms with Crippen LogP contribution >= 0.6 is 0 Å². The summed E-state index contributed by atoms with van der Waals surface area (Å²) in [6.45, 7) is 0. The lowest BCUT2D eigenvalue weighted by Gasteiger charge is -2.23. The van der Waals surface area contributed by atoms with E-state index in [9.17, 15) is 9.90 Å². The van der Waals surface area contributed by atoms with E-state index in [1.807, 2.05) is 30.3 Å². The van der Waals surface area contributed by atoms with Gasteiger partial charge in [0.2, 0.25) is 0 Å². The number of ether oxygens (including phenoxy) is 1. The van der Waals surface area contributed by atoms with E-state index in [0.717, 1.165) is 24.8 Å². The maximum Gasteiger partial charge on any atom is 0.327 e. The van der Waals surface area contributed by atoms with Gasteiger partial charge in [-0.05, 0) is 24.8 Å². The van der Waals surface area contributed by atoms with Crippen LogP contribution in [0.4, 0.5) is 0 Å².